The molecule has 0 N–H and O–H groups in total. The fraction of sp³-hybridized carbons (Fsp3) is 0.417. The molecule has 0 aliphatic carbocycles. The summed E-state index contributed by atoms with van der Waals surface area (Å²) in [6, 6.07) is 6.04. The largest absolute Gasteiger partial charge is 0.372 e. The minimum absolute atomic E-state index is 0.207. The zero-order valence-electron chi connectivity index (χ0n) is 8.60. The number of ether oxygens (including phenoxy) is 1. The molecule has 0 spiro atoms. The van der Waals surface area contributed by atoms with Crippen molar-refractivity contribution in [3.05, 3.63) is 36.3 Å². The van der Waals surface area contributed by atoms with E-state index in [9.17, 15) is 0 Å². The highest BCUT2D eigenvalue weighted by molar-refractivity contribution is 5.39. The zero-order valence-corrected chi connectivity index (χ0v) is 8.60. The number of rotatable bonds is 1. The lowest BCUT2D eigenvalue weighted by molar-refractivity contribution is 0.0126. The van der Waals surface area contributed by atoms with E-state index in [0.717, 1.165) is 24.4 Å². The number of imidazole rings is 1. The van der Waals surface area contributed by atoms with E-state index in [2.05, 4.69) is 11.2 Å². The molecule has 1 saturated heterocycles. The van der Waals surface area contributed by atoms with Gasteiger partial charge in [-0.1, -0.05) is 6.07 Å². The summed E-state index contributed by atoms with van der Waals surface area (Å²) < 4.78 is 7.77. The van der Waals surface area contributed by atoms with E-state index in [1.807, 2.05) is 28.8 Å². The normalized spacial score (nSPS) is 22.0. The van der Waals surface area contributed by atoms with Gasteiger partial charge in [-0.2, -0.15) is 0 Å². The van der Waals surface area contributed by atoms with Crippen molar-refractivity contribution >= 4 is 5.65 Å². The van der Waals surface area contributed by atoms with Gasteiger partial charge in [0, 0.05) is 19.0 Å². The van der Waals surface area contributed by atoms with Gasteiger partial charge >= 0.3 is 0 Å². The summed E-state index contributed by atoms with van der Waals surface area (Å²) >= 11 is 0. The number of fused-ring (bicyclic) bond motifs is 1. The van der Waals surface area contributed by atoms with Crippen LogP contribution in [0.4, 0.5) is 0 Å². The summed E-state index contributed by atoms with van der Waals surface area (Å²) in [5.41, 5.74) is 2.07. The van der Waals surface area contributed by atoms with Gasteiger partial charge in [0.2, 0.25) is 0 Å². The van der Waals surface area contributed by atoms with Crippen LogP contribution in [-0.2, 0) is 4.74 Å². The molecule has 3 rings (SSSR count). The summed E-state index contributed by atoms with van der Waals surface area (Å²) in [4.78, 5) is 4.57. The number of aromatic nitrogens is 2. The third kappa shape index (κ3) is 1.63. The number of nitrogens with zero attached hydrogens (tertiary/aromatic N) is 2. The van der Waals surface area contributed by atoms with Crippen LogP contribution in [0.2, 0.25) is 0 Å². The quantitative estimate of drug-likeness (QED) is 0.710. The lowest BCUT2D eigenvalue weighted by Crippen LogP contribution is -2.11. The summed E-state index contributed by atoms with van der Waals surface area (Å²) in [5.74, 6) is 0. The van der Waals surface area contributed by atoms with Crippen molar-refractivity contribution in [1.29, 1.82) is 0 Å². The van der Waals surface area contributed by atoms with E-state index in [1.54, 1.807) is 0 Å². The molecule has 1 atom stereocenters. The molecule has 0 aromatic carbocycles. The van der Waals surface area contributed by atoms with Gasteiger partial charge in [0.15, 0.2) is 0 Å². The minimum atomic E-state index is 0.207. The predicted molar refractivity (Wildman–Crippen MR) is 57.7 cm³/mol. The van der Waals surface area contributed by atoms with Crippen molar-refractivity contribution in [2.24, 2.45) is 0 Å². The second kappa shape index (κ2) is 3.66. The Bertz CT molecular complexity index is 424. The van der Waals surface area contributed by atoms with E-state index in [4.69, 9.17) is 4.74 Å². The van der Waals surface area contributed by atoms with Crippen LogP contribution in [0.1, 0.15) is 31.1 Å². The van der Waals surface area contributed by atoms with Crippen molar-refractivity contribution in [3.63, 3.8) is 0 Å². The highest BCUT2D eigenvalue weighted by atomic mass is 16.5. The molecule has 0 radical (unpaired) electrons. The van der Waals surface area contributed by atoms with E-state index >= 15 is 0 Å². The molecule has 1 aliphatic heterocycles. The maximum Gasteiger partial charge on any atom is 0.137 e. The minimum Gasteiger partial charge on any atom is -0.372 e. The van der Waals surface area contributed by atoms with Gasteiger partial charge in [-0.05, 0) is 31.4 Å². The second-order valence-corrected chi connectivity index (χ2v) is 3.99. The SMILES string of the molecule is c1ccn2cc(C3CCCCO3)nc2c1. The van der Waals surface area contributed by atoms with Crippen LogP contribution in [0.25, 0.3) is 5.65 Å². The van der Waals surface area contributed by atoms with Crippen LogP contribution >= 0.6 is 0 Å². The van der Waals surface area contributed by atoms with Gasteiger partial charge in [0.05, 0.1) is 5.69 Å². The Hall–Kier alpha value is -1.35. The highest BCUT2D eigenvalue weighted by Crippen LogP contribution is 2.26. The summed E-state index contributed by atoms with van der Waals surface area (Å²) in [5, 5.41) is 0. The smallest absolute Gasteiger partial charge is 0.137 e. The standard InChI is InChI=1S/C12H14N2O/c1-3-7-14-9-10(13-12(14)6-1)11-5-2-4-8-15-11/h1,3,6-7,9,11H,2,4-5,8H2. The average molecular weight is 202 g/mol. The van der Waals surface area contributed by atoms with Gasteiger partial charge in [0.1, 0.15) is 11.8 Å². The van der Waals surface area contributed by atoms with Crippen LogP contribution in [-0.4, -0.2) is 16.0 Å². The molecule has 15 heavy (non-hydrogen) atoms. The van der Waals surface area contributed by atoms with Gasteiger partial charge < -0.3 is 9.14 Å². The Kier molecular flexibility index (Phi) is 2.18. The zero-order chi connectivity index (χ0) is 10.1. The first kappa shape index (κ1) is 8.92. The van der Waals surface area contributed by atoms with Crippen LogP contribution in [0.5, 0.6) is 0 Å². The van der Waals surface area contributed by atoms with Gasteiger partial charge in [-0.3, -0.25) is 0 Å². The number of hydrogen-bond donors (Lipinski definition) is 0. The number of pyridine rings is 1. The van der Waals surface area contributed by atoms with Crippen molar-refractivity contribution < 1.29 is 4.74 Å². The van der Waals surface area contributed by atoms with Gasteiger partial charge in [-0.25, -0.2) is 4.98 Å². The molecule has 3 heterocycles. The molecule has 78 valence electrons. The molecule has 0 saturated carbocycles. The molecule has 3 nitrogen and oxygen atoms in total. The van der Waals surface area contributed by atoms with Crippen molar-refractivity contribution in [1.82, 2.24) is 9.38 Å². The Balaban J connectivity index is 1.96. The fourth-order valence-electron chi connectivity index (χ4n) is 2.08. The molecule has 3 heteroatoms. The first-order valence-corrected chi connectivity index (χ1v) is 5.49. The van der Waals surface area contributed by atoms with Gasteiger partial charge in [-0.15, -0.1) is 0 Å². The monoisotopic (exact) mass is 202 g/mol. The molecular weight excluding hydrogens is 188 g/mol. The van der Waals surface area contributed by atoms with E-state index in [0.29, 0.717) is 0 Å². The second-order valence-electron chi connectivity index (χ2n) is 3.99. The summed E-state index contributed by atoms with van der Waals surface area (Å²) in [6.45, 7) is 0.874. The molecule has 0 amide bonds. The first-order valence-electron chi connectivity index (χ1n) is 5.49. The van der Waals surface area contributed by atoms with Crippen LogP contribution in [0.15, 0.2) is 30.6 Å². The Morgan fingerprint density at radius 3 is 3.13 bits per heavy atom. The molecule has 2 aromatic rings. The summed E-state index contributed by atoms with van der Waals surface area (Å²) in [6.07, 6.45) is 7.84. The lowest BCUT2D eigenvalue weighted by atomic mass is 10.1. The Labute approximate surface area is 88.7 Å². The van der Waals surface area contributed by atoms with Gasteiger partial charge in [0.25, 0.3) is 0 Å². The molecule has 1 unspecified atom stereocenters. The first-order chi connectivity index (χ1) is 7.43. The van der Waals surface area contributed by atoms with Crippen LogP contribution in [0, 0.1) is 0 Å². The summed E-state index contributed by atoms with van der Waals surface area (Å²) in [7, 11) is 0. The molecule has 1 aliphatic rings. The van der Waals surface area contributed by atoms with Crippen LogP contribution in [0.3, 0.4) is 0 Å². The fourth-order valence-corrected chi connectivity index (χ4v) is 2.08. The molecular formula is C12H14N2O. The molecule has 0 bridgehead atoms. The Morgan fingerprint density at radius 2 is 2.33 bits per heavy atom. The Morgan fingerprint density at radius 1 is 1.33 bits per heavy atom. The van der Waals surface area contributed by atoms with Crippen molar-refractivity contribution in [2.75, 3.05) is 6.61 Å². The third-order valence-electron chi connectivity index (χ3n) is 2.89. The average Bonchev–Trinajstić information content (AvgIpc) is 2.74. The lowest BCUT2D eigenvalue weighted by Gasteiger charge is -2.20. The maximum absolute atomic E-state index is 5.72. The number of hydrogen-bond acceptors (Lipinski definition) is 2. The van der Waals surface area contributed by atoms with Crippen molar-refractivity contribution in [3.8, 4) is 0 Å². The van der Waals surface area contributed by atoms with E-state index < -0.39 is 0 Å². The van der Waals surface area contributed by atoms with E-state index in [1.165, 1.54) is 12.8 Å². The van der Waals surface area contributed by atoms with E-state index in [-0.39, 0.29) is 6.10 Å². The molecule has 2 aromatic heterocycles. The third-order valence-corrected chi connectivity index (χ3v) is 2.89. The van der Waals surface area contributed by atoms with Crippen molar-refractivity contribution in [2.45, 2.75) is 25.4 Å². The highest BCUT2D eigenvalue weighted by Gasteiger charge is 2.18. The van der Waals surface area contributed by atoms with Crippen LogP contribution < -0.4 is 0 Å². The molecule has 1 fully saturated rings. The maximum atomic E-state index is 5.72. The predicted octanol–water partition coefficient (Wildman–Crippen LogP) is 2.58. The topological polar surface area (TPSA) is 26.5 Å².